The average molecular weight is 316 g/mol. The molecule has 0 unspecified atom stereocenters. The summed E-state index contributed by atoms with van der Waals surface area (Å²) in [5.41, 5.74) is 0.501. The molecule has 0 aliphatic carbocycles. The number of nitrogens with zero attached hydrogens (tertiary/aromatic N) is 2. The SMILES string of the molecule is Cc1nc(Cl)c(C)c(NCc2cccc(C(F)(F)F)c2)n1. The van der Waals surface area contributed by atoms with Gasteiger partial charge < -0.3 is 5.32 Å². The average Bonchev–Trinajstić information content (AvgIpc) is 2.40. The van der Waals surface area contributed by atoms with Crippen LogP contribution in [0.15, 0.2) is 24.3 Å². The molecule has 1 heterocycles. The zero-order valence-electron chi connectivity index (χ0n) is 11.4. The van der Waals surface area contributed by atoms with Crippen molar-refractivity contribution in [1.29, 1.82) is 0 Å². The van der Waals surface area contributed by atoms with Crippen LogP contribution in [0, 0.1) is 13.8 Å². The van der Waals surface area contributed by atoms with E-state index in [-0.39, 0.29) is 6.54 Å². The number of anilines is 1. The summed E-state index contributed by atoms with van der Waals surface area (Å²) in [5.74, 6) is 1.02. The topological polar surface area (TPSA) is 37.8 Å². The number of hydrogen-bond donors (Lipinski definition) is 1. The number of aryl methyl sites for hydroxylation is 1. The molecule has 0 radical (unpaired) electrons. The molecule has 0 bridgehead atoms. The molecule has 3 nitrogen and oxygen atoms in total. The molecule has 0 spiro atoms. The highest BCUT2D eigenvalue weighted by molar-refractivity contribution is 6.30. The number of rotatable bonds is 3. The van der Waals surface area contributed by atoms with Gasteiger partial charge in [-0.3, -0.25) is 0 Å². The third-order valence-electron chi connectivity index (χ3n) is 2.91. The zero-order chi connectivity index (χ0) is 15.6. The third-order valence-corrected chi connectivity index (χ3v) is 3.28. The fourth-order valence-corrected chi connectivity index (χ4v) is 2.02. The monoisotopic (exact) mass is 315 g/mol. The lowest BCUT2D eigenvalue weighted by Crippen LogP contribution is -2.08. The lowest BCUT2D eigenvalue weighted by Gasteiger charge is -2.12. The minimum atomic E-state index is -4.35. The van der Waals surface area contributed by atoms with Crippen molar-refractivity contribution in [2.24, 2.45) is 0 Å². The van der Waals surface area contributed by atoms with Gasteiger partial charge in [-0.25, -0.2) is 9.97 Å². The number of alkyl halides is 3. The van der Waals surface area contributed by atoms with Crippen molar-refractivity contribution in [2.75, 3.05) is 5.32 Å². The molecule has 1 aromatic heterocycles. The number of aromatic nitrogens is 2. The number of nitrogens with one attached hydrogen (secondary N) is 1. The Labute approximate surface area is 125 Å². The quantitative estimate of drug-likeness (QED) is 0.854. The van der Waals surface area contributed by atoms with Crippen LogP contribution in [-0.2, 0) is 12.7 Å². The van der Waals surface area contributed by atoms with Gasteiger partial charge in [0.2, 0.25) is 0 Å². The minimum Gasteiger partial charge on any atom is -0.366 e. The van der Waals surface area contributed by atoms with Gasteiger partial charge in [-0.1, -0.05) is 23.7 Å². The van der Waals surface area contributed by atoms with Gasteiger partial charge in [-0.2, -0.15) is 13.2 Å². The molecular weight excluding hydrogens is 303 g/mol. The van der Waals surface area contributed by atoms with E-state index in [9.17, 15) is 13.2 Å². The Morgan fingerprint density at radius 3 is 2.57 bits per heavy atom. The van der Waals surface area contributed by atoms with Crippen LogP contribution in [0.3, 0.4) is 0 Å². The van der Waals surface area contributed by atoms with Crippen molar-refractivity contribution in [2.45, 2.75) is 26.6 Å². The maximum absolute atomic E-state index is 12.6. The lowest BCUT2D eigenvalue weighted by atomic mass is 10.1. The van der Waals surface area contributed by atoms with Crippen LogP contribution in [0.1, 0.15) is 22.5 Å². The predicted octanol–water partition coefficient (Wildman–Crippen LogP) is 4.38. The number of hydrogen-bond acceptors (Lipinski definition) is 3. The third kappa shape index (κ3) is 3.85. The summed E-state index contributed by atoms with van der Waals surface area (Å²) in [6.45, 7) is 3.66. The molecule has 0 aliphatic rings. The maximum Gasteiger partial charge on any atom is 0.416 e. The fourth-order valence-electron chi connectivity index (χ4n) is 1.81. The summed E-state index contributed by atoms with van der Waals surface area (Å²) in [5, 5.41) is 3.31. The van der Waals surface area contributed by atoms with Crippen molar-refractivity contribution in [3.63, 3.8) is 0 Å². The van der Waals surface area contributed by atoms with Crippen LogP contribution in [0.25, 0.3) is 0 Å². The molecular formula is C14H13ClF3N3. The highest BCUT2D eigenvalue weighted by atomic mass is 35.5. The van der Waals surface area contributed by atoms with Gasteiger partial charge in [0.25, 0.3) is 0 Å². The van der Waals surface area contributed by atoms with Gasteiger partial charge in [-0.05, 0) is 31.5 Å². The highest BCUT2D eigenvalue weighted by Crippen LogP contribution is 2.29. The van der Waals surface area contributed by atoms with Gasteiger partial charge in [0, 0.05) is 12.1 Å². The van der Waals surface area contributed by atoms with Crippen LogP contribution in [0.5, 0.6) is 0 Å². The Morgan fingerprint density at radius 2 is 1.90 bits per heavy atom. The maximum atomic E-state index is 12.6. The molecule has 1 aromatic carbocycles. The largest absolute Gasteiger partial charge is 0.416 e. The molecule has 0 aliphatic heterocycles. The second-order valence-electron chi connectivity index (χ2n) is 4.59. The smallest absolute Gasteiger partial charge is 0.366 e. The summed E-state index contributed by atoms with van der Waals surface area (Å²) in [4.78, 5) is 8.19. The van der Waals surface area contributed by atoms with Crippen molar-refractivity contribution in [3.8, 4) is 0 Å². The van der Waals surface area contributed by atoms with E-state index in [0.29, 0.717) is 27.9 Å². The molecule has 21 heavy (non-hydrogen) atoms. The molecule has 0 amide bonds. The van der Waals surface area contributed by atoms with Crippen molar-refractivity contribution >= 4 is 17.4 Å². The van der Waals surface area contributed by atoms with Crippen molar-refractivity contribution in [3.05, 3.63) is 51.9 Å². The Morgan fingerprint density at radius 1 is 1.19 bits per heavy atom. The molecule has 0 atom stereocenters. The first kappa shape index (κ1) is 15.6. The molecule has 2 aromatic rings. The van der Waals surface area contributed by atoms with Crippen LogP contribution >= 0.6 is 11.6 Å². The summed E-state index contributed by atoms with van der Waals surface area (Å²) < 4.78 is 37.9. The molecule has 0 saturated carbocycles. The second-order valence-corrected chi connectivity index (χ2v) is 4.94. The first-order valence-corrected chi connectivity index (χ1v) is 6.56. The van der Waals surface area contributed by atoms with E-state index in [4.69, 9.17) is 11.6 Å². The molecule has 0 fully saturated rings. The van der Waals surface area contributed by atoms with Gasteiger partial charge in [0.05, 0.1) is 5.56 Å². The van der Waals surface area contributed by atoms with E-state index in [1.807, 2.05) is 0 Å². The van der Waals surface area contributed by atoms with Crippen LogP contribution in [-0.4, -0.2) is 9.97 Å². The minimum absolute atomic E-state index is 0.220. The Hall–Kier alpha value is -1.82. The normalized spacial score (nSPS) is 11.5. The summed E-state index contributed by atoms with van der Waals surface area (Å²) in [6, 6.07) is 5.15. The first-order chi connectivity index (χ1) is 9.77. The number of benzene rings is 1. The first-order valence-electron chi connectivity index (χ1n) is 6.18. The highest BCUT2D eigenvalue weighted by Gasteiger charge is 2.30. The van der Waals surface area contributed by atoms with Gasteiger partial charge in [-0.15, -0.1) is 0 Å². The van der Waals surface area contributed by atoms with E-state index >= 15 is 0 Å². The lowest BCUT2D eigenvalue weighted by molar-refractivity contribution is -0.137. The van der Waals surface area contributed by atoms with Gasteiger partial charge in [0.15, 0.2) is 0 Å². The van der Waals surface area contributed by atoms with E-state index in [2.05, 4.69) is 15.3 Å². The predicted molar refractivity (Wildman–Crippen MR) is 75.3 cm³/mol. The van der Waals surface area contributed by atoms with E-state index in [1.165, 1.54) is 6.07 Å². The van der Waals surface area contributed by atoms with E-state index < -0.39 is 11.7 Å². The van der Waals surface area contributed by atoms with E-state index in [0.717, 1.165) is 12.1 Å². The summed E-state index contributed by atoms with van der Waals surface area (Å²) >= 11 is 5.95. The van der Waals surface area contributed by atoms with Crippen molar-refractivity contribution in [1.82, 2.24) is 9.97 Å². The van der Waals surface area contributed by atoms with Crippen LogP contribution in [0.2, 0.25) is 5.15 Å². The van der Waals surface area contributed by atoms with E-state index in [1.54, 1.807) is 19.9 Å². The molecule has 7 heteroatoms. The fraction of sp³-hybridized carbons (Fsp3) is 0.286. The van der Waals surface area contributed by atoms with Crippen molar-refractivity contribution < 1.29 is 13.2 Å². The zero-order valence-corrected chi connectivity index (χ0v) is 12.2. The van der Waals surface area contributed by atoms with Gasteiger partial charge >= 0.3 is 6.18 Å². The standard InChI is InChI=1S/C14H13ClF3N3/c1-8-12(15)20-9(2)21-13(8)19-7-10-4-3-5-11(6-10)14(16,17)18/h3-6H,7H2,1-2H3,(H,19,20,21). The van der Waals surface area contributed by atoms with Crippen LogP contribution < -0.4 is 5.32 Å². The Kier molecular flexibility index (Phi) is 4.37. The number of halogens is 4. The summed E-state index contributed by atoms with van der Waals surface area (Å²) in [6.07, 6.45) is -4.35. The molecule has 1 N–H and O–H groups in total. The Bertz CT molecular complexity index is 656. The molecule has 112 valence electrons. The second kappa shape index (κ2) is 5.89. The summed E-state index contributed by atoms with van der Waals surface area (Å²) in [7, 11) is 0. The molecule has 2 rings (SSSR count). The van der Waals surface area contributed by atoms with Gasteiger partial charge in [0.1, 0.15) is 16.8 Å². The Balaban J connectivity index is 2.17. The molecule has 0 saturated heterocycles. The van der Waals surface area contributed by atoms with Crippen LogP contribution in [0.4, 0.5) is 19.0 Å².